The summed E-state index contributed by atoms with van der Waals surface area (Å²) in [6.07, 6.45) is 2.58. The molecule has 0 saturated carbocycles. The number of hydrogen-bond donors (Lipinski definition) is 1. The molecule has 2 aromatic carbocycles. The highest BCUT2D eigenvalue weighted by molar-refractivity contribution is 7.89. The average molecular weight is 362 g/mol. The van der Waals surface area contributed by atoms with Crippen LogP contribution in [0.1, 0.15) is 11.1 Å². The molecule has 2 rings (SSSR count). The van der Waals surface area contributed by atoms with Crippen LogP contribution >= 0.6 is 0 Å². The van der Waals surface area contributed by atoms with Crippen LogP contribution in [0, 0.1) is 5.82 Å². The van der Waals surface area contributed by atoms with Crippen LogP contribution in [0.25, 0.3) is 6.08 Å². The Balaban J connectivity index is 2.10. The summed E-state index contributed by atoms with van der Waals surface area (Å²) in [4.78, 5) is 12.1. The Morgan fingerprint density at radius 1 is 1.12 bits per heavy atom. The van der Waals surface area contributed by atoms with Crippen molar-refractivity contribution in [3.05, 3.63) is 71.6 Å². The van der Waals surface area contributed by atoms with E-state index in [-0.39, 0.29) is 11.4 Å². The van der Waals surface area contributed by atoms with Crippen molar-refractivity contribution in [2.24, 2.45) is 0 Å². The molecule has 0 aliphatic carbocycles. The van der Waals surface area contributed by atoms with Gasteiger partial charge in [-0.25, -0.2) is 17.1 Å². The van der Waals surface area contributed by atoms with Gasteiger partial charge in [-0.05, 0) is 23.8 Å². The first-order chi connectivity index (χ1) is 11.8. The lowest BCUT2D eigenvalue weighted by molar-refractivity contribution is -0.116. The molecule has 0 unspecified atom stereocenters. The number of carbonyl (C=O) groups is 1. The van der Waals surface area contributed by atoms with Gasteiger partial charge in [0.15, 0.2) is 0 Å². The van der Waals surface area contributed by atoms with Crippen molar-refractivity contribution >= 4 is 22.0 Å². The van der Waals surface area contributed by atoms with Gasteiger partial charge in [0.1, 0.15) is 5.82 Å². The Morgan fingerprint density at radius 2 is 1.76 bits per heavy atom. The molecule has 25 heavy (non-hydrogen) atoms. The van der Waals surface area contributed by atoms with Crippen molar-refractivity contribution in [2.45, 2.75) is 11.4 Å². The van der Waals surface area contributed by atoms with Gasteiger partial charge in [-0.15, -0.1) is 0 Å². The zero-order valence-corrected chi connectivity index (χ0v) is 14.8. The number of amides is 1. The van der Waals surface area contributed by atoms with Crippen LogP contribution in [0.3, 0.4) is 0 Å². The predicted molar refractivity (Wildman–Crippen MR) is 94.6 cm³/mol. The van der Waals surface area contributed by atoms with E-state index in [1.807, 2.05) is 0 Å². The molecule has 5 nitrogen and oxygen atoms in total. The van der Waals surface area contributed by atoms with Crippen molar-refractivity contribution in [3.63, 3.8) is 0 Å². The predicted octanol–water partition coefficient (Wildman–Crippen LogP) is 2.41. The lowest BCUT2D eigenvalue weighted by atomic mass is 10.2. The summed E-state index contributed by atoms with van der Waals surface area (Å²) in [6, 6.07) is 12.5. The summed E-state index contributed by atoms with van der Waals surface area (Å²) in [5.74, 6) is -0.866. The van der Waals surface area contributed by atoms with E-state index in [2.05, 4.69) is 5.32 Å². The summed E-state index contributed by atoms with van der Waals surface area (Å²) in [7, 11) is -0.709. The van der Waals surface area contributed by atoms with E-state index in [0.717, 1.165) is 4.31 Å². The molecule has 0 radical (unpaired) electrons. The Kier molecular flexibility index (Phi) is 6.06. The van der Waals surface area contributed by atoms with Gasteiger partial charge in [-0.3, -0.25) is 4.79 Å². The minimum Gasteiger partial charge on any atom is -0.348 e. The molecule has 1 amide bonds. The second-order valence-corrected chi connectivity index (χ2v) is 7.59. The number of sulfonamides is 1. The molecule has 1 N–H and O–H groups in total. The molecule has 0 aliphatic heterocycles. The highest BCUT2D eigenvalue weighted by atomic mass is 32.2. The first-order valence-electron chi connectivity index (χ1n) is 7.53. The second kappa shape index (κ2) is 8.04. The van der Waals surface area contributed by atoms with Gasteiger partial charge in [0, 0.05) is 32.3 Å². The monoisotopic (exact) mass is 362 g/mol. The molecule has 0 bridgehead atoms. The number of carbonyl (C=O) groups excluding carboxylic acids is 1. The average Bonchev–Trinajstić information content (AvgIpc) is 2.59. The van der Waals surface area contributed by atoms with E-state index < -0.39 is 21.7 Å². The molecule has 0 saturated heterocycles. The van der Waals surface area contributed by atoms with Gasteiger partial charge in [0.25, 0.3) is 0 Å². The van der Waals surface area contributed by atoms with E-state index in [1.165, 1.54) is 38.4 Å². The molecule has 0 aliphatic rings. The molecular formula is C18H19FN2O3S. The Morgan fingerprint density at radius 3 is 2.44 bits per heavy atom. The highest BCUT2D eigenvalue weighted by Crippen LogP contribution is 2.18. The lowest BCUT2D eigenvalue weighted by Crippen LogP contribution is -2.26. The van der Waals surface area contributed by atoms with Gasteiger partial charge >= 0.3 is 0 Å². The third-order valence-electron chi connectivity index (χ3n) is 3.50. The largest absolute Gasteiger partial charge is 0.348 e. The molecular weight excluding hydrogens is 343 g/mol. The molecule has 132 valence electrons. The molecule has 0 spiro atoms. The summed E-state index contributed by atoms with van der Waals surface area (Å²) >= 11 is 0. The highest BCUT2D eigenvalue weighted by Gasteiger charge is 2.20. The third kappa shape index (κ3) is 4.74. The smallest absolute Gasteiger partial charge is 0.244 e. The minimum absolute atomic E-state index is 0.0453. The standard InChI is InChI=1S/C18H19FN2O3S/c1-21(2)25(23,24)17-10-6-4-8-15(17)13-20-18(22)12-11-14-7-3-5-9-16(14)19/h3-12H,13H2,1-2H3,(H,20,22)/b12-11+. The number of rotatable bonds is 6. The van der Waals surface area contributed by atoms with Gasteiger partial charge in [-0.2, -0.15) is 0 Å². The zero-order valence-electron chi connectivity index (χ0n) is 13.9. The van der Waals surface area contributed by atoms with Crippen molar-refractivity contribution in [2.75, 3.05) is 14.1 Å². The Hall–Kier alpha value is -2.51. The van der Waals surface area contributed by atoms with E-state index in [0.29, 0.717) is 11.1 Å². The molecule has 7 heteroatoms. The summed E-state index contributed by atoms with van der Waals surface area (Å²) in [5, 5.41) is 2.61. The van der Waals surface area contributed by atoms with Gasteiger partial charge in [-0.1, -0.05) is 36.4 Å². The van der Waals surface area contributed by atoms with E-state index in [1.54, 1.807) is 36.4 Å². The van der Waals surface area contributed by atoms with Crippen LogP contribution < -0.4 is 5.32 Å². The normalized spacial score (nSPS) is 11.8. The molecule has 2 aromatic rings. The first-order valence-corrected chi connectivity index (χ1v) is 8.97. The van der Waals surface area contributed by atoms with Crippen molar-refractivity contribution in [1.29, 1.82) is 0 Å². The minimum atomic E-state index is -3.60. The molecule has 0 atom stereocenters. The van der Waals surface area contributed by atoms with Crippen LogP contribution in [0.4, 0.5) is 4.39 Å². The topological polar surface area (TPSA) is 66.5 Å². The van der Waals surface area contributed by atoms with Crippen LogP contribution in [0.5, 0.6) is 0 Å². The van der Waals surface area contributed by atoms with Crippen molar-refractivity contribution in [3.8, 4) is 0 Å². The lowest BCUT2D eigenvalue weighted by Gasteiger charge is -2.15. The maximum atomic E-state index is 13.5. The Labute approximate surface area is 146 Å². The quantitative estimate of drug-likeness (QED) is 0.803. The Bertz CT molecular complexity index is 893. The van der Waals surface area contributed by atoms with Gasteiger partial charge < -0.3 is 5.32 Å². The maximum absolute atomic E-state index is 13.5. The van der Waals surface area contributed by atoms with E-state index in [9.17, 15) is 17.6 Å². The summed E-state index contributed by atoms with van der Waals surface area (Å²) < 4.78 is 39.2. The van der Waals surface area contributed by atoms with Crippen LogP contribution in [-0.2, 0) is 21.4 Å². The van der Waals surface area contributed by atoms with Crippen LogP contribution in [-0.4, -0.2) is 32.7 Å². The second-order valence-electron chi connectivity index (χ2n) is 5.47. The van der Waals surface area contributed by atoms with Gasteiger partial charge in [0.05, 0.1) is 4.90 Å². The third-order valence-corrected chi connectivity index (χ3v) is 5.42. The molecule has 0 heterocycles. The number of nitrogens with one attached hydrogen (secondary N) is 1. The van der Waals surface area contributed by atoms with E-state index in [4.69, 9.17) is 0 Å². The van der Waals surface area contributed by atoms with E-state index >= 15 is 0 Å². The maximum Gasteiger partial charge on any atom is 0.244 e. The number of benzene rings is 2. The fourth-order valence-electron chi connectivity index (χ4n) is 2.12. The summed E-state index contributed by atoms with van der Waals surface area (Å²) in [6.45, 7) is 0.0453. The fourth-order valence-corrected chi connectivity index (χ4v) is 3.23. The number of nitrogens with zero attached hydrogens (tertiary/aromatic N) is 1. The van der Waals surface area contributed by atoms with Crippen molar-refractivity contribution < 1.29 is 17.6 Å². The first kappa shape index (κ1) is 18.8. The van der Waals surface area contributed by atoms with Gasteiger partial charge in [0.2, 0.25) is 15.9 Å². The molecule has 0 aromatic heterocycles. The van der Waals surface area contributed by atoms with Crippen LogP contribution in [0.15, 0.2) is 59.5 Å². The fraction of sp³-hybridized carbons (Fsp3) is 0.167. The van der Waals surface area contributed by atoms with Crippen molar-refractivity contribution in [1.82, 2.24) is 9.62 Å². The SMILES string of the molecule is CN(C)S(=O)(=O)c1ccccc1CNC(=O)/C=C/c1ccccc1F. The van der Waals surface area contributed by atoms with Crippen LogP contribution in [0.2, 0.25) is 0 Å². The number of hydrogen-bond acceptors (Lipinski definition) is 3. The number of halogens is 1. The zero-order chi connectivity index (χ0) is 18.4. The summed E-state index contributed by atoms with van der Waals surface area (Å²) in [5.41, 5.74) is 0.775. The molecule has 0 fully saturated rings.